The van der Waals surface area contributed by atoms with Crippen molar-refractivity contribution in [3.05, 3.63) is 65.6 Å². The lowest BCUT2D eigenvalue weighted by molar-refractivity contribution is 1.09. The zero-order valence-electron chi connectivity index (χ0n) is 9.96. The summed E-state index contributed by atoms with van der Waals surface area (Å²) in [4.78, 5) is 7.79. The molecular formula is C15H11N3. The molecule has 18 heavy (non-hydrogen) atoms. The Balaban J connectivity index is 2.33. The summed E-state index contributed by atoms with van der Waals surface area (Å²) in [5.74, 6) is 0.429. The number of aromatic nitrogens is 2. The summed E-state index contributed by atoms with van der Waals surface area (Å²) in [5.41, 5.74) is 3.07. The number of fused-ring (bicyclic) bond motifs is 1. The Hall–Kier alpha value is -2.60. The Morgan fingerprint density at radius 1 is 1.11 bits per heavy atom. The van der Waals surface area contributed by atoms with E-state index in [-0.39, 0.29) is 0 Å². The van der Waals surface area contributed by atoms with Crippen LogP contribution in [0.4, 0.5) is 5.82 Å². The number of rotatable bonds is 1. The number of hydrogen-bond acceptors (Lipinski definition) is 1. The van der Waals surface area contributed by atoms with E-state index in [1.165, 1.54) is 0 Å². The van der Waals surface area contributed by atoms with Crippen LogP contribution in [-0.4, -0.2) is 9.55 Å². The SMILES string of the molecule is [C-]#[N+]c1ccc2c(C)cn(-c3ccccc3)c2n1. The molecule has 0 fully saturated rings. The molecule has 0 saturated carbocycles. The maximum Gasteiger partial charge on any atom is 0.271 e. The molecule has 2 heterocycles. The van der Waals surface area contributed by atoms with E-state index in [2.05, 4.69) is 22.9 Å². The highest BCUT2D eigenvalue weighted by Gasteiger charge is 2.11. The van der Waals surface area contributed by atoms with Gasteiger partial charge in [-0.3, -0.25) is 4.57 Å². The lowest BCUT2D eigenvalue weighted by atomic mass is 10.2. The fourth-order valence-corrected chi connectivity index (χ4v) is 2.10. The molecule has 0 bridgehead atoms. The topological polar surface area (TPSA) is 22.2 Å². The number of pyridine rings is 1. The van der Waals surface area contributed by atoms with Gasteiger partial charge in [0, 0.05) is 17.3 Å². The van der Waals surface area contributed by atoms with Gasteiger partial charge in [-0.25, -0.2) is 0 Å². The van der Waals surface area contributed by atoms with Crippen molar-refractivity contribution in [2.75, 3.05) is 0 Å². The minimum atomic E-state index is 0.429. The van der Waals surface area contributed by atoms with Gasteiger partial charge >= 0.3 is 0 Å². The highest BCUT2D eigenvalue weighted by molar-refractivity contribution is 5.83. The smallest absolute Gasteiger partial charge is 0.271 e. The summed E-state index contributed by atoms with van der Waals surface area (Å²) in [6.45, 7) is 9.11. The van der Waals surface area contributed by atoms with Gasteiger partial charge in [0.2, 0.25) is 5.65 Å². The molecule has 0 aliphatic heterocycles. The Morgan fingerprint density at radius 3 is 2.61 bits per heavy atom. The Kier molecular flexibility index (Phi) is 2.35. The highest BCUT2D eigenvalue weighted by Crippen LogP contribution is 2.25. The van der Waals surface area contributed by atoms with Crippen molar-refractivity contribution in [2.45, 2.75) is 6.92 Å². The maximum absolute atomic E-state index is 7.05. The van der Waals surface area contributed by atoms with Crippen molar-refractivity contribution in [3.63, 3.8) is 0 Å². The third-order valence-corrected chi connectivity index (χ3v) is 2.99. The van der Waals surface area contributed by atoms with Gasteiger partial charge in [0.15, 0.2) is 0 Å². The van der Waals surface area contributed by atoms with Crippen molar-refractivity contribution < 1.29 is 0 Å². The first kappa shape index (κ1) is 10.5. The van der Waals surface area contributed by atoms with Crippen molar-refractivity contribution >= 4 is 16.9 Å². The third kappa shape index (κ3) is 1.56. The zero-order valence-corrected chi connectivity index (χ0v) is 9.96. The summed E-state index contributed by atoms with van der Waals surface area (Å²) < 4.78 is 2.03. The highest BCUT2D eigenvalue weighted by atomic mass is 15.1. The van der Waals surface area contributed by atoms with E-state index < -0.39 is 0 Å². The molecule has 0 radical (unpaired) electrons. The van der Waals surface area contributed by atoms with Gasteiger partial charge in [-0.05, 0) is 30.7 Å². The molecule has 0 N–H and O–H groups in total. The summed E-state index contributed by atoms with van der Waals surface area (Å²) in [7, 11) is 0. The van der Waals surface area contributed by atoms with E-state index in [9.17, 15) is 0 Å². The van der Waals surface area contributed by atoms with Gasteiger partial charge in [0.1, 0.15) is 0 Å². The molecule has 86 valence electrons. The van der Waals surface area contributed by atoms with Gasteiger partial charge in [0.25, 0.3) is 5.82 Å². The Labute approximate surface area is 105 Å². The van der Waals surface area contributed by atoms with Gasteiger partial charge < -0.3 is 4.85 Å². The zero-order chi connectivity index (χ0) is 12.5. The number of para-hydroxylation sites is 1. The molecule has 0 saturated heterocycles. The normalized spacial score (nSPS) is 10.4. The molecule has 3 rings (SSSR count). The predicted molar refractivity (Wildman–Crippen MR) is 72.1 cm³/mol. The molecule has 0 atom stereocenters. The van der Waals surface area contributed by atoms with E-state index >= 15 is 0 Å². The van der Waals surface area contributed by atoms with Crippen LogP contribution >= 0.6 is 0 Å². The molecule has 0 unspecified atom stereocenters. The molecule has 2 aromatic heterocycles. The standard InChI is InChI=1S/C15H11N3/c1-11-10-18(12-6-4-3-5-7-12)15-13(11)8-9-14(16-2)17-15/h3-10H,1H3. The maximum atomic E-state index is 7.05. The molecule has 0 aliphatic carbocycles. The molecular weight excluding hydrogens is 222 g/mol. The molecule has 0 spiro atoms. The number of benzene rings is 1. The van der Waals surface area contributed by atoms with Crippen LogP contribution < -0.4 is 0 Å². The summed E-state index contributed by atoms with van der Waals surface area (Å²) in [6, 6.07) is 13.8. The average Bonchev–Trinajstić information content (AvgIpc) is 2.76. The molecule has 3 heteroatoms. The summed E-state index contributed by atoms with van der Waals surface area (Å²) in [6.07, 6.45) is 2.06. The van der Waals surface area contributed by atoms with Crippen LogP contribution in [0.25, 0.3) is 21.6 Å². The fourth-order valence-electron chi connectivity index (χ4n) is 2.10. The van der Waals surface area contributed by atoms with Crippen molar-refractivity contribution in [3.8, 4) is 5.69 Å². The second-order valence-electron chi connectivity index (χ2n) is 4.17. The van der Waals surface area contributed by atoms with E-state index in [0.717, 1.165) is 22.3 Å². The minimum Gasteiger partial charge on any atom is -0.361 e. The molecule has 0 aliphatic rings. The van der Waals surface area contributed by atoms with Crippen LogP contribution in [0.5, 0.6) is 0 Å². The second-order valence-corrected chi connectivity index (χ2v) is 4.17. The van der Waals surface area contributed by atoms with Gasteiger partial charge in [-0.15, -0.1) is 4.98 Å². The Morgan fingerprint density at radius 2 is 1.89 bits per heavy atom. The monoisotopic (exact) mass is 233 g/mol. The van der Waals surface area contributed by atoms with Gasteiger partial charge in [-0.2, -0.15) is 0 Å². The van der Waals surface area contributed by atoms with E-state index in [4.69, 9.17) is 6.57 Å². The predicted octanol–water partition coefficient (Wildman–Crippen LogP) is 3.88. The first-order valence-electron chi connectivity index (χ1n) is 5.71. The largest absolute Gasteiger partial charge is 0.361 e. The van der Waals surface area contributed by atoms with Crippen LogP contribution in [0.3, 0.4) is 0 Å². The Bertz CT molecular complexity index is 748. The molecule has 3 aromatic rings. The third-order valence-electron chi connectivity index (χ3n) is 2.99. The second kappa shape index (κ2) is 4.01. The van der Waals surface area contributed by atoms with Crippen molar-refractivity contribution in [1.82, 2.24) is 9.55 Å². The number of hydrogen-bond donors (Lipinski definition) is 0. The number of aryl methyl sites for hydroxylation is 1. The first-order chi connectivity index (χ1) is 8.79. The molecule has 1 aromatic carbocycles. The molecule has 0 amide bonds. The number of nitrogens with zero attached hydrogens (tertiary/aromatic N) is 3. The van der Waals surface area contributed by atoms with Crippen molar-refractivity contribution in [2.24, 2.45) is 0 Å². The average molecular weight is 233 g/mol. The first-order valence-corrected chi connectivity index (χ1v) is 5.71. The van der Waals surface area contributed by atoms with Crippen LogP contribution in [0.15, 0.2) is 48.7 Å². The van der Waals surface area contributed by atoms with E-state index in [1.54, 1.807) is 6.07 Å². The lowest BCUT2D eigenvalue weighted by Crippen LogP contribution is -1.92. The summed E-state index contributed by atoms with van der Waals surface area (Å²) in [5, 5.41) is 1.09. The van der Waals surface area contributed by atoms with Crippen LogP contribution in [0.2, 0.25) is 0 Å². The quantitative estimate of drug-likeness (QED) is 0.584. The lowest BCUT2D eigenvalue weighted by Gasteiger charge is -2.01. The fraction of sp³-hybridized carbons (Fsp3) is 0.0667. The molecule has 3 nitrogen and oxygen atoms in total. The van der Waals surface area contributed by atoms with Crippen LogP contribution in [0.1, 0.15) is 5.56 Å². The summed E-state index contributed by atoms with van der Waals surface area (Å²) >= 11 is 0. The van der Waals surface area contributed by atoms with Gasteiger partial charge in [-0.1, -0.05) is 30.8 Å². The van der Waals surface area contributed by atoms with E-state index in [1.807, 2.05) is 41.0 Å². The van der Waals surface area contributed by atoms with Crippen molar-refractivity contribution in [1.29, 1.82) is 0 Å². The van der Waals surface area contributed by atoms with Gasteiger partial charge in [0.05, 0.1) is 0 Å². The minimum absolute atomic E-state index is 0.429. The van der Waals surface area contributed by atoms with Crippen LogP contribution in [-0.2, 0) is 0 Å². The van der Waals surface area contributed by atoms with Crippen LogP contribution in [0, 0.1) is 13.5 Å². The van der Waals surface area contributed by atoms with E-state index in [0.29, 0.717) is 5.82 Å².